The highest BCUT2D eigenvalue weighted by Crippen LogP contribution is 2.24. The predicted molar refractivity (Wildman–Crippen MR) is 88.5 cm³/mol. The van der Waals surface area contributed by atoms with Crippen LogP contribution in [0.1, 0.15) is 16.1 Å². The quantitative estimate of drug-likeness (QED) is 0.647. The average molecular weight is 363 g/mol. The zero-order valence-electron chi connectivity index (χ0n) is 12.6. The first-order valence-corrected chi connectivity index (χ1v) is 9.67. The Bertz CT molecular complexity index is 958. The number of sulfone groups is 1. The molecule has 0 amide bonds. The van der Waals surface area contributed by atoms with E-state index in [9.17, 15) is 13.2 Å². The van der Waals surface area contributed by atoms with E-state index in [1.807, 2.05) is 17.5 Å². The fourth-order valence-corrected chi connectivity index (χ4v) is 3.59. The van der Waals surface area contributed by atoms with Gasteiger partial charge in [-0.3, -0.25) is 0 Å². The van der Waals surface area contributed by atoms with Crippen LogP contribution in [0.2, 0.25) is 0 Å². The van der Waals surface area contributed by atoms with Gasteiger partial charge in [-0.2, -0.15) is 0 Å². The lowest BCUT2D eigenvalue weighted by Gasteiger charge is -2.07. The zero-order chi connectivity index (χ0) is 17.2. The number of thiophene rings is 1. The normalized spacial score (nSPS) is 11.4. The Morgan fingerprint density at radius 2 is 2.04 bits per heavy atom. The van der Waals surface area contributed by atoms with E-state index in [2.05, 4.69) is 4.98 Å². The van der Waals surface area contributed by atoms with Crippen molar-refractivity contribution < 1.29 is 22.4 Å². The lowest BCUT2D eigenvalue weighted by Crippen LogP contribution is -2.11. The molecule has 0 aliphatic carbocycles. The van der Waals surface area contributed by atoms with Crippen LogP contribution >= 0.6 is 11.3 Å². The first kappa shape index (κ1) is 16.4. The van der Waals surface area contributed by atoms with E-state index >= 15 is 0 Å². The largest absolute Gasteiger partial charge is 0.455 e. The van der Waals surface area contributed by atoms with E-state index in [1.54, 1.807) is 12.1 Å². The molecule has 3 rings (SSSR count). The van der Waals surface area contributed by atoms with Crippen LogP contribution in [-0.4, -0.2) is 25.6 Å². The topological polar surface area (TPSA) is 86.5 Å². The summed E-state index contributed by atoms with van der Waals surface area (Å²) < 4.78 is 34.0. The summed E-state index contributed by atoms with van der Waals surface area (Å²) in [4.78, 5) is 17.2. The molecule has 2 aromatic heterocycles. The Morgan fingerprint density at radius 1 is 1.25 bits per heavy atom. The van der Waals surface area contributed by atoms with E-state index < -0.39 is 15.8 Å². The summed E-state index contributed by atoms with van der Waals surface area (Å²) in [5, 5.41) is 1.90. The van der Waals surface area contributed by atoms with Crippen molar-refractivity contribution in [3.63, 3.8) is 0 Å². The summed E-state index contributed by atoms with van der Waals surface area (Å²) in [6.07, 6.45) is 2.45. The van der Waals surface area contributed by atoms with Gasteiger partial charge in [-0.05, 0) is 23.6 Å². The van der Waals surface area contributed by atoms with Crippen molar-refractivity contribution in [1.29, 1.82) is 0 Å². The Hall–Kier alpha value is -2.45. The highest BCUT2D eigenvalue weighted by atomic mass is 32.2. The monoisotopic (exact) mass is 363 g/mol. The van der Waals surface area contributed by atoms with E-state index in [4.69, 9.17) is 9.15 Å². The summed E-state index contributed by atoms with van der Waals surface area (Å²) in [6.45, 7) is -0.105. The molecule has 0 bridgehead atoms. The van der Waals surface area contributed by atoms with Gasteiger partial charge in [-0.1, -0.05) is 18.2 Å². The number of hydrogen-bond acceptors (Lipinski definition) is 7. The van der Waals surface area contributed by atoms with Crippen LogP contribution in [0.15, 0.2) is 57.4 Å². The Labute approximate surface area is 142 Å². The van der Waals surface area contributed by atoms with Gasteiger partial charge in [0.05, 0.1) is 15.3 Å². The molecule has 1 aromatic carbocycles. The van der Waals surface area contributed by atoms with Gasteiger partial charge < -0.3 is 9.15 Å². The Balaban J connectivity index is 1.73. The molecule has 0 saturated heterocycles. The average Bonchev–Trinajstić information content (AvgIpc) is 3.23. The SMILES string of the molecule is CS(=O)(=O)c1ccccc1C(=O)OCc1coc(-c2cccs2)n1. The van der Waals surface area contributed by atoms with Crippen molar-refractivity contribution >= 4 is 27.1 Å². The second kappa shape index (κ2) is 6.58. The van der Waals surface area contributed by atoms with Crippen LogP contribution < -0.4 is 0 Å². The molecule has 124 valence electrons. The number of carbonyl (C=O) groups excluding carboxylic acids is 1. The maximum atomic E-state index is 12.2. The predicted octanol–water partition coefficient (Wildman–Crippen LogP) is 3.16. The lowest BCUT2D eigenvalue weighted by molar-refractivity contribution is 0.0463. The molecular weight excluding hydrogens is 350 g/mol. The molecule has 0 radical (unpaired) electrons. The standard InChI is InChI=1S/C16H13NO5S2/c1-24(19,20)14-7-3-2-5-12(14)16(18)22-10-11-9-21-15(17-11)13-6-4-8-23-13/h2-9H,10H2,1H3. The molecule has 8 heteroatoms. The molecule has 0 aliphatic rings. The van der Waals surface area contributed by atoms with Gasteiger partial charge in [0.1, 0.15) is 18.6 Å². The van der Waals surface area contributed by atoms with Crippen LogP contribution in [0.5, 0.6) is 0 Å². The van der Waals surface area contributed by atoms with E-state index in [0.29, 0.717) is 11.6 Å². The molecule has 6 nitrogen and oxygen atoms in total. The number of esters is 1. The van der Waals surface area contributed by atoms with Gasteiger partial charge in [-0.25, -0.2) is 18.2 Å². The van der Waals surface area contributed by atoms with Gasteiger partial charge in [-0.15, -0.1) is 11.3 Å². The Morgan fingerprint density at radius 3 is 2.75 bits per heavy atom. The van der Waals surface area contributed by atoms with Crippen LogP contribution in [0, 0.1) is 0 Å². The van der Waals surface area contributed by atoms with Crippen molar-refractivity contribution in [2.24, 2.45) is 0 Å². The van der Waals surface area contributed by atoms with Crippen LogP contribution in [0.25, 0.3) is 10.8 Å². The first-order valence-electron chi connectivity index (χ1n) is 6.89. The molecular formula is C16H13NO5S2. The molecule has 3 aromatic rings. The number of aromatic nitrogens is 1. The molecule has 0 fully saturated rings. The number of nitrogens with zero attached hydrogens (tertiary/aromatic N) is 1. The van der Waals surface area contributed by atoms with Crippen molar-refractivity contribution in [3.05, 3.63) is 59.3 Å². The maximum absolute atomic E-state index is 12.2. The third kappa shape index (κ3) is 3.55. The van der Waals surface area contributed by atoms with Crippen LogP contribution in [0.3, 0.4) is 0 Å². The molecule has 0 N–H and O–H groups in total. The summed E-state index contributed by atoms with van der Waals surface area (Å²) in [6, 6.07) is 9.67. The van der Waals surface area contributed by atoms with Crippen molar-refractivity contribution in [1.82, 2.24) is 4.98 Å². The van der Waals surface area contributed by atoms with Gasteiger partial charge in [0.15, 0.2) is 9.84 Å². The summed E-state index contributed by atoms with van der Waals surface area (Å²) in [5.41, 5.74) is 0.450. The second-order valence-electron chi connectivity index (χ2n) is 4.97. The number of ether oxygens (including phenoxy) is 1. The molecule has 0 unspecified atom stereocenters. The second-order valence-corrected chi connectivity index (χ2v) is 7.90. The van der Waals surface area contributed by atoms with E-state index in [0.717, 1.165) is 11.1 Å². The minimum Gasteiger partial charge on any atom is -0.455 e. The lowest BCUT2D eigenvalue weighted by atomic mass is 10.2. The zero-order valence-corrected chi connectivity index (χ0v) is 14.3. The molecule has 24 heavy (non-hydrogen) atoms. The fourth-order valence-electron chi connectivity index (χ4n) is 2.06. The Kier molecular flexibility index (Phi) is 4.50. The van der Waals surface area contributed by atoms with E-state index in [-0.39, 0.29) is 17.1 Å². The summed E-state index contributed by atoms with van der Waals surface area (Å²) in [5.74, 6) is -0.274. The molecule has 2 heterocycles. The molecule has 0 spiro atoms. The number of carbonyl (C=O) groups is 1. The molecule has 0 saturated carbocycles. The van der Waals surface area contributed by atoms with Crippen LogP contribution in [0.4, 0.5) is 0 Å². The summed E-state index contributed by atoms with van der Waals surface area (Å²) in [7, 11) is -3.52. The van der Waals surface area contributed by atoms with Gasteiger partial charge >= 0.3 is 5.97 Å². The smallest absolute Gasteiger partial charge is 0.339 e. The summed E-state index contributed by atoms with van der Waals surface area (Å²) >= 11 is 1.48. The van der Waals surface area contributed by atoms with Crippen LogP contribution in [-0.2, 0) is 21.2 Å². The molecule has 0 atom stereocenters. The highest BCUT2D eigenvalue weighted by molar-refractivity contribution is 7.90. The van der Waals surface area contributed by atoms with Gasteiger partial charge in [0, 0.05) is 6.26 Å². The number of benzene rings is 1. The van der Waals surface area contributed by atoms with Crippen molar-refractivity contribution in [2.75, 3.05) is 6.26 Å². The van der Waals surface area contributed by atoms with Crippen molar-refractivity contribution in [2.45, 2.75) is 11.5 Å². The minimum atomic E-state index is -3.52. The van der Waals surface area contributed by atoms with Gasteiger partial charge in [0.2, 0.25) is 5.89 Å². The number of hydrogen-bond donors (Lipinski definition) is 0. The van der Waals surface area contributed by atoms with Crippen molar-refractivity contribution in [3.8, 4) is 10.8 Å². The number of rotatable bonds is 5. The highest BCUT2D eigenvalue weighted by Gasteiger charge is 2.19. The molecule has 0 aliphatic heterocycles. The third-order valence-corrected chi connectivity index (χ3v) is 5.15. The first-order chi connectivity index (χ1) is 11.4. The number of oxazole rings is 1. The van der Waals surface area contributed by atoms with Gasteiger partial charge in [0.25, 0.3) is 0 Å². The van der Waals surface area contributed by atoms with E-state index in [1.165, 1.54) is 29.7 Å². The minimum absolute atomic E-state index is 0.00183. The maximum Gasteiger partial charge on any atom is 0.339 e. The third-order valence-electron chi connectivity index (χ3n) is 3.14. The fraction of sp³-hybridized carbons (Fsp3) is 0.125.